The van der Waals surface area contributed by atoms with Gasteiger partial charge in [0.1, 0.15) is 23.8 Å². The molecule has 0 saturated carbocycles. The first-order chi connectivity index (χ1) is 15.5. The Labute approximate surface area is 185 Å². The normalized spacial score (nSPS) is 11.3. The number of hydrogen-bond donors (Lipinski definition) is 2. The number of halogens is 1. The van der Waals surface area contributed by atoms with Gasteiger partial charge in [-0.1, -0.05) is 24.3 Å². The van der Waals surface area contributed by atoms with E-state index in [2.05, 4.69) is 30.9 Å². The molecular weight excluding hydrogens is 403 g/mol. The fourth-order valence-electron chi connectivity index (χ4n) is 4.27. The molecule has 0 amide bonds. The number of pyridine rings is 1. The highest BCUT2D eigenvalue weighted by Gasteiger charge is 2.18. The Kier molecular flexibility index (Phi) is 4.93. The van der Waals surface area contributed by atoms with E-state index < -0.39 is 0 Å². The third-order valence-corrected chi connectivity index (χ3v) is 5.85. The molecule has 3 aromatic heterocycles. The highest BCUT2D eigenvalue weighted by molar-refractivity contribution is 5.88. The second-order valence-electron chi connectivity index (χ2n) is 7.93. The maximum atomic E-state index is 14.4. The van der Waals surface area contributed by atoms with E-state index in [4.69, 9.17) is 5.73 Å². The molecule has 0 atom stereocenters. The molecule has 0 aliphatic carbocycles. The molecule has 2 aromatic carbocycles. The van der Waals surface area contributed by atoms with Gasteiger partial charge in [0.2, 0.25) is 0 Å². The second-order valence-corrected chi connectivity index (χ2v) is 7.93. The number of rotatable bonds is 5. The van der Waals surface area contributed by atoms with Crippen LogP contribution in [-0.2, 0) is 6.42 Å². The summed E-state index contributed by atoms with van der Waals surface area (Å²) in [5.74, 6) is 0.851. The van der Waals surface area contributed by atoms with E-state index in [-0.39, 0.29) is 5.82 Å². The monoisotopic (exact) mass is 426 g/mol. The highest BCUT2D eigenvalue weighted by Crippen LogP contribution is 2.31. The third-order valence-electron chi connectivity index (χ3n) is 5.85. The van der Waals surface area contributed by atoms with Gasteiger partial charge in [-0.15, -0.1) is 0 Å². The summed E-state index contributed by atoms with van der Waals surface area (Å²) in [5, 5.41) is 1.99. The van der Waals surface area contributed by atoms with Crippen molar-refractivity contribution in [3.63, 3.8) is 0 Å². The lowest BCUT2D eigenvalue weighted by atomic mass is 10.0. The van der Waals surface area contributed by atoms with Crippen molar-refractivity contribution in [2.24, 2.45) is 0 Å². The van der Waals surface area contributed by atoms with Crippen LogP contribution in [0.25, 0.3) is 21.8 Å². The van der Waals surface area contributed by atoms with Crippen molar-refractivity contribution in [2.75, 3.05) is 17.2 Å². The van der Waals surface area contributed by atoms with Crippen LogP contribution in [0.15, 0.2) is 61.1 Å². The summed E-state index contributed by atoms with van der Waals surface area (Å²) in [6, 6.07) is 15.2. The molecular formula is C25H23FN6. The molecule has 0 aliphatic heterocycles. The van der Waals surface area contributed by atoms with Gasteiger partial charge in [0.05, 0.1) is 22.9 Å². The highest BCUT2D eigenvalue weighted by atomic mass is 19.1. The molecule has 0 saturated heterocycles. The number of hydrogen-bond acceptors (Lipinski definition) is 5. The van der Waals surface area contributed by atoms with E-state index in [9.17, 15) is 4.39 Å². The zero-order valence-electron chi connectivity index (χ0n) is 17.9. The molecule has 160 valence electrons. The number of para-hydroxylation sites is 1. The zero-order chi connectivity index (χ0) is 22.2. The molecule has 5 aromatic rings. The van der Waals surface area contributed by atoms with Crippen molar-refractivity contribution in [1.82, 2.24) is 19.9 Å². The van der Waals surface area contributed by atoms with E-state index >= 15 is 0 Å². The summed E-state index contributed by atoms with van der Waals surface area (Å²) in [6.45, 7) is 4.60. The first kappa shape index (κ1) is 19.9. The van der Waals surface area contributed by atoms with Gasteiger partial charge in [0, 0.05) is 29.1 Å². The lowest BCUT2D eigenvalue weighted by Crippen LogP contribution is -2.22. The number of anilines is 3. The largest absolute Gasteiger partial charge is 0.384 e. The maximum absolute atomic E-state index is 14.4. The number of nitrogens with one attached hydrogen (secondary N) is 1. The van der Waals surface area contributed by atoms with E-state index in [1.54, 1.807) is 6.07 Å². The van der Waals surface area contributed by atoms with Crippen LogP contribution in [0, 0.1) is 19.7 Å². The van der Waals surface area contributed by atoms with Gasteiger partial charge in [-0.25, -0.2) is 14.4 Å². The van der Waals surface area contributed by atoms with E-state index in [0.29, 0.717) is 30.1 Å². The maximum Gasteiger partial charge on any atom is 0.147 e. The molecule has 6 nitrogen and oxygen atoms in total. The van der Waals surface area contributed by atoms with Gasteiger partial charge in [0.15, 0.2) is 0 Å². The van der Waals surface area contributed by atoms with E-state index in [0.717, 1.165) is 38.8 Å². The SMILES string of the molecule is Cc1[nH]c2c(F)ccc(C)c2c1CCN(c1cnc2ccccc2c1)c1cc(N)ncn1. The number of benzene rings is 2. The number of aryl methyl sites for hydroxylation is 2. The first-order valence-corrected chi connectivity index (χ1v) is 10.5. The Morgan fingerprint density at radius 1 is 1.03 bits per heavy atom. The Morgan fingerprint density at radius 3 is 2.72 bits per heavy atom. The molecule has 0 fully saturated rings. The number of aromatic nitrogens is 4. The van der Waals surface area contributed by atoms with Gasteiger partial charge in [-0.2, -0.15) is 0 Å². The van der Waals surface area contributed by atoms with Crippen LogP contribution < -0.4 is 10.6 Å². The Bertz CT molecular complexity index is 1440. The number of H-pyrrole nitrogens is 1. The first-order valence-electron chi connectivity index (χ1n) is 10.5. The van der Waals surface area contributed by atoms with Crippen LogP contribution in [0.5, 0.6) is 0 Å². The number of nitrogens with two attached hydrogens (primary N) is 1. The van der Waals surface area contributed by atoms with Crippen LogP contribution in [0.4, 0.5) is 21.7 Å². The molecule has 32 heavy (non-hydrogen) atoms. The summed E-state index contributed by atoms with van der Waals surface area (Å²) in [6.07, 6.45) is 3.99. The molecule has 0 spiro atoms. The number of nitrogens with zero attached hydrogens (tertiary/aromatic N) is 4. The fraction of sp³-hybridized carbons (Fsp3) is 0.160. The van der Waals surface area contributed by atoms with Crippen molar-refractivity contribution in [1.29, 1.82) is 0 Å². The predicted molar refractivity (Wildman–Crippen MR) is 127 cm³/mol. The average Bonchev–Trinajstić information content (AvgIpc) is 3.14. The van der Waals surface area contributed by atoms with Crippen molar-refractivity contribution < 1.29 is 4.39 Å². The van der Waals surface area contributed by atoms with Crippen molar-refractivity contribution in [3.05, 3.63) is 83.7 Å². The van der Waals surface area contributed by atoms with Crippen molar-refractivity contribution in [2.45, 2.75) is 20.3 Å². The van der Waals surface area contributed by atoms with Crippen LogP contribution in [0.3, 0.4) is 0 Å². The summed E-state index contributed by atoms with van der Waals surface area (Å²) in [5.41, 5.74) is 11.4. The fourth-order valence-corrected chi connectivity index (χ4v) is 4.27. The molecule has 0 bridgehead atoms. The van der Waals surface area contributed by atoms with Crippen LogP contribution in [-0.4, -0.2) is 26.5 Å². The van der Waals surface area contributed by atoms with Gasteiger partial charge in [0.25, 0.3) is 0 Å². The Balaban J connectivity index is 1.57. The molecule has 0 aliphatic rings. The van der Waals surface area contributed by atoms with Crippen LogP contribution in [0.2, 0.25) is 0 Å². The van der Waals surface area contributed by atoms with Gasteiger partial charge >= 0.3 is 0 Å². The van der Waals surface area contributed by atoms with Gasteiger partial charge in [-0.3, -0.25) is 4.98 Å². The average molecular weight is 426 g/mol. The minimum atomic E-state index is -0.237. The summed E-state index contributed by atoms with van der Waals surface area (Å²) >= 11 is 0. The molecule has 5 rings (SSSR count). The van der Waals surface area contributed by atoms with Crippen molar-refractivity contribution in [3.8, 4) is 0 Å². The van der Waals surface area contributed by atoms with Gasteiger partial charge in [-0.05, 0) is 49.6 Å². The molecule has 3 N–H and O–H groups in total. The quantitative estimate of drug-likeness (QED) is 0.402. The molecule has 0 radical (unpaired) electrons. The number of fused-ring (bicyclic) bond motifs is 2. The van der Waals surface area contributed by atoms with Crippen LogP contribution in [0.1, 0.15) is 16.8 Å². The van der Waals surface area contributed by atoms with Crippen LogP contribution >= 0.6 is 0 Å². The summed E-state index contributed by atoms with van der Waals surface area (Å²) in [7, 11) is 0. The van der Waals surface area contributed by atoms with E-state index in [1.165, 1.54) is 12.4 Å². The van der Waals surface area contributed by atoms with E-state index in [1.807, 2.05) is 50.4 Å². The van der Waals surface area contributed by atoms with Crippen molar-refractivity contribution >= 4 is 39.1 Å². The number of aromatic amines is 1. The number of nitrogen functional groups attached to an aromatic ring is 1. The standard InChI is InChI=1S/C25H23FN6/c1-15-7-8-20(26)25-24(15)19(16(2)31-25)9-10-32(23-12-22(27)29-14-30-23)18-11-17-5-3-4-6-21(17)28-13-18/h3-8,11-14,31H,9-10H2,1-2H3,(H2,27,29,30). The predicted octanol–water partition coefficient (Wildman–Crippen LogP) is 5.23. The third kappa shape index (κ3) is 3.51. The Morgan fingerprint density at radius 2 is 1.88 bits per heavy atom. The molecule has 7 heteroatoms. The molecule has 0 unspecified atom stereocenters. The smallest absolute Gasteiger partial charge is 0.147 e. The minimum Gasteiger partial charge on any atom is -0.384 e. The zero-order valence-corrected chi connectivity index (χ0v) is 17.9. The summed E-state index contributed by atoms with van der Waals surface area (Å²) < 4.78 is 14.4. The minimum absolute atomic E-state index is 0.237. The second kappa shape index (κ2) is 7.92. The molecule has 3 heterocycles. The lowest BCUT2D eigenvalue weighted by molar-refractivity contribution is 0.637. The lowest BCUT2D eigenvalue weighted by Gasteiger charge is -2.24. The topological polar surface area (TPSA) is 83.7 Å². The Hall–Kier alpha value is -4.00. The summed E-state index contributed by atoms with van der Waals surface area (Å²) in [4.78, 5) is 18.4. The van der Waals surface area contributed by atoms with Gasteiger partial charge < -0.3 is 15.6 Å².